The molecule has 4 heteroatoms. The lowest BCUT2D eigenvalue weighted by Crippen LogP contribution is -2.35. The molecule has 17 heavy (non-hydrogen) atoms. The highest BCUT2D eigenvalue weighted by Crippen LogP contribution is 2.29. The summed E-state index contributed by atoms with van der Waals surface area (Å²) >= 11 is 0. The molecule has 0 aromatic rings. The van der Waals surface area contributed by atoms with Gasteiger partial charge in [0.05, 0.1) is 12.0 Å². The number of carbonyl (C=O) groups is 2. The second-order valence-electron chi connectivity index (χ2n) is 4.39. The molecule has 0 aliphatic carbocycles. The average molecular weight is 235 g/mol. The highest BCUT2D eigenvalue weighted by Gasteiger charge is 2.37. The number of fused-ring (bicyclic) bond motifs is 1. The van der Waals surface area contributed by atoms with Gasteiger partial charge in [-0.3, -0.25) is 9.59 Å². The molecule has 2 aliphatic rings. The minimum Gasteiger partial charge on any atom is -0.462 e. The Morgan fingerprint density at radius 1 is 1.65 bits per heavy atom. The van der Waals surface area contributed by atoms with E-state index in [1.807, 2.05) is 11.0 Å². The van der Waals surface area contributed by atoms with Crippen molar-refractivity contribution in [3.8, 4) is 0 Å². The van der Waals surface area contributed by atoms with Gasteiger partial charge in [-0.2, -0.15) is 0 Å². The van der Waals surface area contributed by atoms with Gasteiger partial charge in [0.15, 0.2) is 0 Å². The fourth-order valence-corrected chi connectivity index (χ4v) is 2.34. The Morgan fingerprint density at radius 3 is 3.18 bits per heavy atom. The van der Waals surface area contributed by atoms with E-state index in [1.54, 1.807) is 6.08 Å². The van der Waals surface area contributed by atoms with Gasteiger partial charge in [-0.1, -0.05) is 24.3 Å². The Balaban J connectivity index is 1.88. The van der Waals surface area contributed by atoms with E-state index in [0.29, 0.717) is 0 Å². The maximum atomic E-state index is 12.0. The van der Waals surface area contributed by atoms with E-state index in [-0.39, 0.29) is 30.4 Å². The largest absolute Gasteiger partial charge is 0.462 e. The highest BCUT2D eigenvalue weighted by molar-refractivity contribution is 5.83. The lowest BCUT2D eigenvalue weighted by Gasteiger charge is -2.24. The smallest absolute Gasteiger partial charge is 0.302 e. The molecule has 2 aliphatic heterocycles. The molecule has 1 fully saturated rings. The van der Waals surface area contributed by atoms with Crippen molar-refractivity contribution in [3.63, 3.8) is 0 Å². The Morgan fingerprint density at radius 2 is 2.47 bits per heavy atom. The molecule has 0 spiro atoms. The maximum Gasteiger partial charge on any atom is 0.302 e. The first kappa shape index (κ1) is 11.9. The first-order valence-corrected chi connectivity index (χ1v) is 5.95. The summed E-state index contributed by atoms with van der Waals surface area (Å²) < 4.78 is 4.79. The van der Waals surface area contributed by atoms with E-state index in [2.05, 4.69) is 12.2 Å². The summed E-state index contributed by atoms with van der Waals surface area (Å²) in [6.45, 7) is 2.45. The van der Waals surface area contributed by atoms with Gasteiger partial charge in [0, 0.05) is 13.5 Å². The molecular formula is C13H17NO3. The van der Waals surface area contributed by atoms with Gasteiger partial charge in [0.2, 0.25) is 5.91 Å². The lowest BCUT2D eigenvalue weighted by atomic mass is 10.0. The summed E-state index contributed by atoms with van der Waals surface area (Å²) in [5.74, 6) is -0.163. The summed E-state index contributed by atoms with van der Waals surface area (Å²) in [6.07, 6.45) is 9.66. The van der Waals surface area contributed by atoms with Crippen LogP contribution in [-0.2, 0) is 14.3 Å². The molecule has 0 aromatic carbocycles. The van der Waals surface area contributed by atoms with E-state index in [4.69, 9.17) is 4.74 Å². The molecule has 0 bridgehead atoms. The molecule has 4 nitrogen and oxygen atoms in total. The van der Waals surface area contributed by atoms with Gasteiger partial charge in [-0.05, 0) is 12.8 Å². The Labute approximate surface area is 101 Å². The van der Waals surface area contributed by atoms with Crippen LogP contribution in [0.25, 0.3) is 0 Å². The number of amides is 1. The third-order valence-corrected chi connectivity index (χ3v) is 3.14. The molecule has 1 amide bonds. The second kappa shape index (κ2) is 5.17. The standard InChI is InChI=1S/C13H17NO3/c1-10(15)17-8-4-5-11-9-12-6-2-3-7-14(12)13(11)16/h2,4-6,11-12H,3,7-9H2,1H3/b5-4+/t11-,12+/m0/s1. The van der Waals surface area contributed by atoms with Gasteiger partial charge < -0.3 is 9.64 Å². The van der Waals surface area contributed by atoms with Gasteiger partial charge >= 0.3 is 5.97 Å². The monoisotopic (exact) mass is 235 g/mol. The van der Waals surface area contributed by atoms with Gasteiger partial charge in [-0.25, -0.2) is 0 Å². The summed E-state index contributed by atoms with van der Waals surface area (Å²) in [4.78, 5) is 24.5. The maximum absolute atomic E-state index is 12.0. The summed E-state index contributed by atoms with van der Waals surface area (Å²) in [7, 11) is 0. The zero-order valence-electron chi connectivity index (χ0n) is 9.96. The third kappa shape index (κ3) is 2.75. The van der Waals surface area contributed by atoms with Crippen molar-refractivity contribution < 1.29 is 14.3 Å². The molecule has 2 heterocycles. The second-order valence-corrected chi connectivity index (χ2v) is 4.39. The van der Waals surface area contributed by atoms with Crippen LogP contribution in [0, 0.1) is 5.92 Å². The van der Waals surface area contributed by atoms with Crippen molar-refractivity contribution >= 4 is 11.9 Å². The van der Waals surface area contributed by atoms with Crippen LogP contribution in [0.5, 0.6) is 0 Å². The summed E-state index contributed by atoms with van der Waals surface area (Å²) in [5.41, 5.74) is 0. The van der Waals surface area contributed by atoms with Crippen molar-refractivity contribution in [3.05, 3.63) is 24.3 Å². The molecule has 1 saturated heterocycles. The zero-order valence-corrected chi connectivity index (χ0v) is 9.96. The number of esters is 1. The average Bonchev–Trinajstić information content (AvgIpc) is 2.63. The lowest BCUT2D eigenvalue weighted by molar-refractivity contribution is -0.139. The normalized spacial score (nSPS) is 27.6. The van der Waals surface area contributed by atoms with Crippen molar-refractivity contribution in [1.29, 1.82) is 0 Å². The van der Waals surface area contributed by atoms with Crippen molar-refractivity contribution in [1.82, 2.24) is 4.90 Å². The van der Waals surface area contributed by atoms with E-state index < -0.39 is 0 Å². The van der Waals surface area contributed by atoms with Crippen LogP contribution >= 0.6 is 0 Å². The van der Waals surface area contributed by atoms with Crippen LogP contribution in [0.15, 0.2) is 24.3 Å². The fourth-order valence-electron chi connectivity index (χ4n) is 2.34. The van der Waals surface area contributed by atoms with Crippen molar-refractivity contribution in [2.24, 2.45) is 5.92 Å². The number of rotatable bonds is 3. The quantitative estimate of drug-likeness (QED) is 0.547. The molecule has 0 N–H and O–H groups in total. The molecule has 2 atom stereocenters. The van der Waals surface area contributed by atoms with E-state index in [1.165, 1.54) is 6.92 Å². The number of nitrogens with zero attached hydrogens (tertiary/aromatic N) is 1. The Hall–Kier alpha value is -1.58. The van der Waals surface area contributed by atoms with E-state index in [9.17, 15) is 9.59 Å². The van der Waals surface area contributed by atoms with E-state index in [0.717, 1.165) is 19.4 Å². The molecule has 0 radical (unpaired) electrons. The number of hydrogen-bond acceptors (Lipinski definition) is 3. The van der Waals surface area contributed by atoms with Gasteiger partial charge in [0.25, 0.3) is 0 Å². The van der Waals surface area contributed by atoms with Crippen LogP contribution in [0.2, 0.25) is 0 Å². The van der Waals surface area contributed by atoms with Crippen LogP contribution in [-0.4, -0.2) is 36.0 Å². The fraction of sp³-hybridized carbons (Fsp3) is 0.538. The number of ether oxygens (including phenoxy) is 1. The molecule has 0 aromatic heterocycles. The van der Waals surface area contributed by atoms with Crippen molar-refractivity contribution in [2.75, 3.05) is 13.2 Å². The zero-order chi connectivity index (χ0) is 12.3. The molecular weight excluding hydrogens is 218 g/mol. The molecule has 0 saturated carbocycles. The van der Waals surface area contributed by atoms with Gasteiger partial charge in [-0.15, -0.1) is 0 Å². The minimum atomic E-state index is -0.298. The predicted octanol–water partition coefficient (Wildman–Crippen LogP) is 1.28. The van der Waals surface area contributed by atoms with E-state index >= 15 is 0 Å². The number of carbonyl (C=O) groups excluding carboxylic acids is 2. The Kier molecular flexibility index (Phi) is 3.61. The van der Waals surface area contributed by atoms with Crippen LogP contribution in [0.3, 0.4) is 0 Å². The topological polar surface area (TPSA) is 46.6 Å². The van der Waals surface area contributed by atoms with Crippen LogP contribution < -0.4 is 0 Å². The summed E-state index contributed by atoms with van der Waals surface area (Å²) in [5, 5.41) is 0. The van der Waals surface area contributed by atoms with Crippen molar-refractivity contribution in [2.45, 2.75) is 25.8 Å². The Bertz CT molecular complexity index is 373. The highest BCUT2D eigenvalue weighted by atomic mass is 16.5. The first-order valence-electron chi connectivity index (χ1n) is 5.95. The first-order chi connectivity index (χ1) is 8.18. The minimum absolute atomic E-state index is 0.0571. The molecule has 0 unspecified atom stereocenters. The van der Waals surface area contributed by atoms with Crippen LogP contribution in [0.1, 0.15) is 19.8 Å². The third-order valence-electron chi connectivity index (χ3n) is 3.14. The van der Waals surface area contributed by atoms with Gasteiger partial charge in [0.1, 0.15) is 6.61 Å². The SMILES string of the molecule is CC(=O)OC/C=C/[C@H]1C[C@H]2C=CCCN2C1=O. The predicted molar refractivity (Wildman–Crippen MR) is 63.1 cm³/mol. The van der Waals surface area contributed by atoms with Crippen LogP contribution in [0.4, 0.5) is 0 Å². The summed E-state index contributed by atoms with van der Waals surface area (Å²) in [6, 6.07) is 0.264. The molecule has 92 valence electrons. The number of hydrogen-bond donors (Lipinski definition) is 0. The molecule has 2 rings (SSSR count).